The third-order valence-corrected chi connectivity index (χ3v) is 2.56. The lowest BCUT2D eigenvalue weighted by molar-refractivity contribution is 0.488. The van der Waals surface area contributed by atoms with Gasteiger partial charge in [-0.25, -0.2) is 13.9 Å². The summed E-state index contributed by atoms with van der Waals surface area (Å²) in [6.45, 7) is 0.153. The van der Waals surface area contributed by atoms with Crippen molar-refractivity contribution in [2.45, 2.75) is 12.6 Å². The molecule has 1 aromatic heterocycles. The molecule has 2 N–H and O–H groups in total. The van der Waals surface area contributed by atoms with Crippen LogP contribution in [0.1, 0.15) is 11.6 Å². The largest absolute Gasteiger partial charge is 0.345 e. The van der Waals surface area contributed by atoms with E-state index < -0.39 is 6.04 Å². The molecule has 2 rings (SSSR count). The second-order valence-corrected chi connectivity index (χ2v) is 3.83. The van der Waals surface area contributed by atoms with Crippen molar-refractivity contribution in [1.29, 1.82) is 0 Å². The molecule has 0 bridgehead atoms. The van der Waals surface area contributed by atoms with Gasteiger partial charge in [-0.15, -0.1) is 0 Å². The van der Waals surface area contributed by atoms with Crippen molar-refractivity contribution < 1.29 is 4.39 Å². The molecule has 1 atom stereocenters. The van der Waals surface area contributed by atoms with Crippen molar-refractivity contribution in [2.75, 3.05) is 0 Å². The SMILES string of the molecule is Cn1cnn(CC(N)c2ccccc2F)c1=O. The maximum atomic E-state index is 13.5. The monoisotopic (exact) mass is 236 g/mol. The fraction of sp³-hybridized carbons (Fsp3) is 0.273. The molecule has 90 valence electrons. The quantitative estimate of drug-likeness (QED) is 0.840. The first-order valence-corrected chi connectivity index (χ1v) is 5.18. The Kier molecular flexibility index (Phi) is 3.06. The molecule has 0 aliphatic heterocycles. The molecule has 17 heavy (non-hydrogen) atoms. The maximum Gasteiger partial charge on any atom is 0.345 e. The van der Waals surface area contributed by atoms with Gasteiger partial charge in [0.15, 0.2) is 0 Å². The zero-order valence-electron chi connectivity index (χ0n) is 9.38. The average Bonchev–Trinajstić information content (AvgIpc) is 2.61. The van der Waals surface area contributed by atoms with Gasteiger partial charge in [0, 0.05) is 12.6 Å². The van der Waals surface area contributed by atoms with Crippen LogP contribution in [0.25, 0.3) is 0 Å². The molecule has 1 unspecified atom stereocenters. The number of nitrogens with zero attached hydrogens (tertiary/aromatic N) is 3. The number of rotatable bonds is 3. The molecule has 0 fully saturated rings. The van der Waals surface area contributed by atoms with Gasteiger partial charge in [-0.1, -0.05) is 18.2 Å². The van der Waals surface area contributed by atoms with E-state index in [0.29, 0.717) is 5.56 Å². The molecule has 5 nitrogen and oxygen atoms in total. The summed E-state index contributed by atoms with van der Waals surface area (Å²) in [5.41, 5.74) is 5.97. The summed E-state index contributed by atoms with van der Waals surface area (Å²) in [5.74, 6) is -0.371. The summed E-state index contributed by atoms with van der Waals surface area (Å²) in [5, 5.41) is 3.88. The fourth-order valence-corrected chi connectivity index (χ4v) is 1.61. The van der Waals surface area contributed by atoms with Crippen LogP contribution < -0.4 is 11.4 Å². The average molecular weight is 236 g/mol. The van der Waals surface area contributed by atoms with Crippen LogP contribution in [0.15, 0.2) is 35.4 Å². The minimum Gasteiger partial charge on any atom is -0.322 e. The van der Waals surface area contributed by atoms with Gasteiger partial charge in [0.2, 0.25) is 0 Å². The third kappa shape index (κ3) is 2.26. The Morgan fingerprint density at radius 1 is 1.47 bits per heavy atom. The molecular weight excluding hydrogens is 223 g/mol. The molecular formula is C11H13FN4O. The van der Waals surface area contributed by atoms with Crippen molar-refractivity contribution in [1.82, 2.24) is 14.3 Å². The first-order valence-electron chi connectivity index (χ1n) is 5.18. The zero-order chi connectivity index (χ0) is 12.4. The smallest absolute Gasteiger partial charge is 0.322 e. The van der Waals surface area contributed by atoms with E-state index in [1.54, 1.807) is 25.2 Å². The standard InChI is InChI=1S/C11H13FN4O/c1-15-7-14-16(11(15)17)6-10(13)8-4-2-3-5-9(8)12/h2-5,7,10H,6,13H2,1H3. The van der Waals surface area contributed by atoms with Gasteiger partial charge in [-0.05, 0) is 6.07 Å². The highest BCUT2D eigenvalue weighted by Crippen LogP contribution is 2.15. The predicted molar refractivity (Wildman–Crippen MR) is 60.8 cm³/mol. The first kappa shape index (κ1) is 11.5. The second-order valence-electron chi connectivity index (χ2n) is 3.83. The zero-order valence-corrected chi connectivity index (χ0v) is 9.38. The van der Waals surface area contributed by atoms with Crippen molar-refractivity contribution in [3.05, 3.63) is 52.5 Å². The van der Waals surface area contributed by atoms with Crippen molar-refractivity contribution in [2.24, 2.45) is 12.8 Å². The molecule has 6 heteroatoms. The van der Waals surface area contributed by atoms with E-state index in [1.807, 2.05) is 0 Å². The highest BCUT2D eigenvalue weighted by atomic mass is 19.1. The molecule has 0 saturated carbocycles. The van der Waals surface area contributed by atoms with E-state index >= 15 is 0 Å². The first-order chi connectivity index (χ1) is 8.09. The van der Waals surface area contributed by atoms with Gasteiger partial charge in [0.25, 0.3) is 0 Å². The fourth-order valence-electron chi connectivity index (χ4n) is 1.61. The summed E-state index contributed by atoms with van der Waals surface area (Å²) in [6.07, 6.45) is 1.40. The summed E-state index contributed by atoms with van der Waals surface area (Å²) in [4.78, 5) is 11.5. The Balaban J connectivity index is 2.23. The van der Waals surface area contributed by atoms with Crippen molar-refractivity contribution in [3.8, 4) is 0 Å². The molecule has 0 amide bonds. The van der Waals surface area contributed by atoms with Crippen molar-refractivity contribution >= 4 is 0 Å². The van der Waals surface area contributed by atoms with Gasteiger partial charge >= 0.3 is 5.69 Å². The summed E-state index contributed by atoms with van der Waals surface area (Å²) < 4.78 is 16.0. The molecule has 2 aromatic rings. The van der Waals surface area contributed by atoms with Crippen LogP contribution in [0.3, 0.4) is 0 Å². The number of aryl methyl sites for hydroxylation is 1. The Bertz CT molecular complexity index is 575. The Hall–Kier alpha value is -1.95. The summed E-state index contributed by atoms with van der Waals surface area (Å²) >= 11 is 0. The van der Waals surface area contributed by atoms with Crippen LogP contribution in [0.2, 0.25) is 0 Å². The minimum absolute atomic E-state index is 0.153. The van der Waals surface area contributed by atoms with Gasteiger partial charge < -0.3 is 5.73 Å². The normalized spacial score (nSPS) is 12.6. The van der Waals surface area contributed by atoms with Crippen LogP contribution in [0.5, 0.6) is 0 Å². The van der Waals surface area contributed by atoms with E-state index in [0.717, 1.165) is 0 Å². The lowest BCUT2D eigenvalue weighted by Gasteiger charge is -2.11. The second kappa shape index (κ2) is 4.50. The van der Waals surface area contributed by atoms with E-state index in [2.05, 4.69) is 5.10 Å². The van der Waals surface area contributed by atoms with Gasteiger partial charge in [0.05, 0.1) is 12.6 Å². The van der Waals surface area contributed by atoms with E-state index in [-0.39, 0.29) is 18.1 Å². The maximum absolute atomic E-state index is 13.5. The highest BCUT2D eigenvalue weighted by Gasteiger charge is 2.13. The van der Waals surface area contributed by atoms with Gasteiger partial charge in [-0.2, -0.15) is 5.10 Å². The van der Waals surface area contributed by atoms with Crippen LogP contribution in [0, 0.1) is 5.82 Å². The van der Waals surface area contributed by atoms with Crippen LogP contribution in [-0.2, 0) is 13.6 Å². The van der Waals surface area contributed by atoms with Crippen LogP contribution >= 0.6 is 0 Å². The molecule has 0 spiro atoms. The topological polar surface area (TPSA) is 65.8 Å². The number of nitrogens with two attached hydrogens (primary N) is 1. The molecule has 0 aliphatic carbocycles. The Morgan fingerprint density at radius 3 is 2.76 bits per heavy atom. The lowest BCUT2D eigenvalue weighted by Crippen LogP contribution is -2.28. The minimum atomic E-state index is -0.594. The molecule has 0 aliphatic rings. The number of aromatic nitrogens is 3. The Labute approximate surface area is 97.3 Å². The van der Waals surface area contributed by atoms with Gasteiger partial charge in [0.1, 0.15) is 12.1 Å². The molecule has 1 heterocycles. The number of benzene rings is 1. The predicted octanol–water partition coefficient (Wildman–Crippen LogP) is 0.421. The van der Waals surface area contributed by atoms with E-state index in [9.17, 15) is 9.18 Å². The van der Waals surface area contributed by atoms with Crippen LogP contribution in [-0.4, -0.2) is 14.3 Å². The highest BCUT2D eigenvalue weighted by molar-refractivity contribution is 5.20. The van der Waals surface area contributed by atoms with Gasteiger partial charge in [-0.3, -0.25) is 4.57 Å². The Morgan fingerprint density at radius 2 is 2.18 bits per heavy atom. The van der Waals surface area contributed by atoms with Crippen LogP contribution in [0.4, 0.5) is 4.39 Å². The molecule has 0 radical (unpaired) electrons. The summed E-state index contributed by atoms with van der Waals surface area (Å²) in [7, 11) is 1.60. The number of halogens is 1. The van der Waals surface area contributed by atoms with Crippen molar-refractivity contribution in [3.63, 3.8) is 0 Å². The number of hydrogen-bond acceptors (Lipinski definition) is 3. The third-order valence-electron chi connectivity index (χ3n) is 2.56. The lowest BCUT2D eigenvalue weighted by atomic mass is 10.1. The molecule has 0 saturated heterocycles. The molecule has 1 aromatic carbocycles. The van der Waals surface area contributed by atoms with E-state index in [1.165, 1.54) is 21.6 Å². The number of hydrogen-bond donors (Lipinski definition) is 1. The van der Waals surface area contributed by atoms with E-state index in [4.69, 9.17) is 5.73 Å². The summed E-state index contributed by atoms with van der Waals surface area (Å²) in [6, 6.07) is 5.66.